The van der Waals surface area contributed by atoms with Crippen LogP contribution in [0.2, 0.25) is 0 Å². The van der Waals surface area contributed by atoms with E-state index in [9.17, 15) is 4.39 Å². The van der Waals surface area contributed by atoms with Crippen LogP contribution in [0.15, 0.2) is 42.6 Å². The first-order valence-electron chi connectivity index (χ1n) is 5.80. The summed E-state index contributed by atoms with van der Waals surface area (Å²) < 4.78 is 23.8. The molecule has 0 unspecified atom stereocenters. The first-order chi connectivity index (χ1) is 8.78. The van der Waals surface area contributed by atoms with E-state index >= 15 is 0 Å². The maximum atomic E-state index is 12.9. The zero-order valence-electron chi connectivity index (χ0n) is 10.1. The molecule has 1 aromatic carbocycles. The van der Waals surface area contributed by atoms with E-state index in [0.29, 0.717) is 18.1 Å². The fourth-order valence-electron chi connectivity index (χ4n) is 1.41. The molecule has 1 heterocycles. The molecule has 0 saturated heterocycles. The smallest absolute Gasteiger partial charge is 0.216 e. The number of hydrogen-bond acceptors (Lipinski definition) is 3. The highest BCUT2D eigenvalue weighted by atomic mass is 19.1. The Labute approximate surface area is 105 Å². The predicted octanol–water partition coefficient (Wildman–Crippen LogP) is 3.80. The average molecular weight is 247 g/mol. The molecule has 0 radical (unpaired) electrons. The molecule has 2 rings (SSSR count). The molecule has 0 amide bonds. The van der Waals surface area contributed by atoms with Crippen molar-refractivity contribution in [2.45, 2.75) is 13.3 Å². The van der Waals surface area contributed by atoms with Gasteiger partial charge in [0.25, 0.3) is 0 Å². The first kappa shape index (κ1) is 12.4. The minimum atomic E-state index is -0.560. The largest absolute Gasteiger partial charge is 0.494 e. The van der Waals surface area contributed by atoms with Crippen LogP contribution in [-0.2, 0) is 0 Å². The molecular weight excluding hydrogens is 233 g/mol. The van der Waals surface area contributed by atoms with E-state index in [1.165, 1.54) is 12.3 Å². The molecular formula is C14H14FNO2. The van der Waals surface area contributed by atoms with Crippen LogP contribution in [-0.4, -0.2) is 11.6 Å². The van der Waals surface area contributed by atoms with Gasteiger partial charge in [-0.25, -0.2) is 4.98 Å². The van der Waals surface area contributed by atoms with Crippen LogP contribution < -0.4 is 9.47 Å². The number of ether oxygens (including phenoxy) is 2. The van der Waals surface area contributed by atoms with Crippen molar-refractivity contribution in [3.05, 3.63) is 48.5 Å². The van der Waals surface area contributed by atoms with Crippen molar-refractivity contribution in [1.29, 1.82) is 0 Å². The molecule has 0 atom stereocenters. The fourth-order valence-corrected chi connectivity index (χ4v) is 1.41. The van der Waals surface area contributed by atoms with Crippen molar-refractivity contribution in [2.24, 2.45) is 0 Å². The van der Waals surface area contributed by atoms with E-state index in [-0.39, 0.29) is 0 Å². The lowest BCUT2D eigenvalue weighted by Gasteiger charge is -2.07. The van der Waals surface area contributed by atoms with Gasteiger partial charge in [-0.1, -0.05) is 6.92 Å². The molecule has 0 fully saturated rings. The molecule has 0 aliphatic carbocycles. The van der Waals surface area contributed by atoms with E-state index in [1.54, 1.807) is 18.2 Å². The maximum absolute atomic E-state index is 12.9. The van der Waals surface area contributed by atoms with E-state index in [4.69, 9.17) is 9.47 Å². The normalized spacial score (nSPS) is 10.1. The fraction of sp³-hybridized carbons (Fsp3) is 0.214. The maximum Gasteiger partial charge on any atom is 0.216 e. The SMILES string of the molecule is CCCOc1ccc(Oc2ccnc(F)c2)cc1. The summed E-state index contributed by atoms with van der Waals surface area (Å²) in [6.07, 6.45) is 2.33. The Hall–Kier alpha value is -2.10. The van der Waals surface area contributed by atoms with Crippen molar-refractivity contribution in [2.75, 3.05) is 6.61 Å². The number of halogens is 1. The zero-order valence-corrected chi connectivity index (χ0v) is 10.1. The highest BCUT2D eigenvalue weighted by Crippen LogP contribution is 2.23. The summed E-state index contributed by atoms with van der Waals surface area (Å²) in [5.41, 5.74) is 0. The Kier molecular flexibility index (Phi) is 4.12. The molecule has 2 aromatic rings. The van der Waals surface area contributed by atoms with Gasteiger partial charge in [-0.2, -0.15) is 4.39 Å². The molecule has 0 bridgehead atoms. The second-order valence-corrected chi connectivity index (χ2v) is 3.74. The lowest BCUT2D eigenvalue weighted by molar-refractivity contribution is 0.317. The molecule has 1 aromatic heterocycles. The van der Waals surface area contributed by atoms with Crippen molar-refractivity contribution in [3.63, 3.8) is 0 Å². The van der Waals surface area contributed by atoms with E-state index in [2.05, 4.69) is 11.9 Å². The summed E-state index contributed by atoms with van der Waals surface area (Å²) >= 11 is 0. The average Bonchev–Trinajstić information content (AvgIpc) is 2.38. The predicted molar refractivity (Wildman–Crippen MR) is 66.5 cm³/mol. The minimum absolute atomic E-state index is 0.421. The second kappa shape index (κ2) is 6.00. The monoisotopic (exact) mass is 247 g/mol. The van der Waals surface area contributed by atoms with Crippen LogP contribution in [0, 0.1) is 5.95 Å². The molecule has 0 N–H and O–H groups in total. The molecule has 0 aliphatic rings. The van der Waals surface area contributed by atoms with Crippen LogP contribution >= 0.6 is 0 Å². The van der Waals surface area contributed by atoms with Crippen molar-refractivity contribution >= 4 is 0 Å². The van der Waals surface area contributed by atoms with Gasteiger partial charge in [0, 0.05) is 12.3 Å². The van der Waals surface area contributed by atoms with Gasteiger partial charge in [-0.3, -0.25) is 0 Å². The minimum Gasteiger partial charge on any atom is -0.494 e. The van der Waals surface area contributed by atoms with Crippen LogP contribution in [0.5, 0.6) is 17.2 Å². The van der Waals surface area contributed by atoms with Crippen molar-refractivity contribution in [1.82, 2.24) is 4.98 Å². The summed E-state index contributed by atoms with van der Waals surface area (Å²) in [7, 11) is 0. The number of hydrogen-bond donors (Lipinski definition) is 0. The van der Waals surface area contributed by atoms with E-state index < -0.39 is 5.95 Å². The third-order valence-corrected chi connectivity index (χ3v) is 2.23. The van der Waals surface area contributed by atoms with Gasteiger partial charge in [-0.15, -0.1) is 0 Å². The van der Waals surface area contributed by atoms with Crippen LogP contribution in [0.3, 0.4) is 0 Å². The first-order valence-corrected chi connectivity index (χ1v) is 5.80. The Morgan fingerprint density at radius 2 is 1.78 bits per heavy atom. The van der Waals surface area contributed by atoms with Gasteiger partial charge in [0.05, 0.1) is 6.61 Å². The van der Waals surface area contributed by atoms with Gasteiger partial charge in [0.2, 0.25) is 5.95 Å². The number of rotatable bonds is 5. The standard InChI is InChI=1S/C14H14FNO2/c1-2-9-17-11-3-5-12(6-4-11)18-13-7-8-16-14(15)10-13/h3-8,10H,2,9H2,1H3. The van der Waals surface area contributed by atoms with Gasteiger partial charge in [0.1, 0.15) is 17.2 Å². The molecule has 3 nitrogen and oxygen atoms in total. The molecule has 0 spiro atoms. The summed E-state index contributed by atoms with van der Waals surface area (Å²) in [5, 5.41) is 0. The summed E-state index contributed by atoms with van der Waals surface area (Å²) in [5.74, 6) is 1.29. The Morgan fingerprint density at radius 1 is 1.06 bits per heavy atom. The van der Waals surface area contributed by atoms with Crippen molar-refractivity contribution < 1.29 is 13.9 Å². The Morgan fingerprint density at radius 3 is 2.44 bits per heavy atom. The third kappa shape index (κ3) is 3.45. The molecule has 94 valence electrons. The molecule has 0 aliphatic heterocycles. The lowest BCUT2D eigenvalue weighted by atomic mass is 10.3. The molecule has 0 saturated carbocycles. The lowest BCUT2D eigenvalue weighted by Crippen LogP contribution is -1.94. The zero-order chi connectivity index (χ0) is 12.8. The number of aromatic nitrogens is 1. The van der Waals surface area contributed by atoms with Crippen LogP contribution in [0.4, 0.5) is 4.39 Å². The van der Waals surface area contributed by atoms with Gasteiger partial charge in [-0.05, 0) is 36.8 Å². The Bertz CT molecular complexity index is 499. The van der Waals surface area contributed by atoms with E-state index in [0.717, 1.165) is 12.2 Å². The van der Waals surface area contributed by atoms with Gasteiger partial charge >= 0.3 is 0 Å². The Balaban J connectivity index is 2.02. The van der Waals surface area contributed by atoms with Crippen LogP contribution in [0.25, 0.3) is 0 Å². The quantitative estimate of drug-likeness (QED) is 0.753. The highest BCUT2D eigenvalue weighted by molar-refractivity contribution is 5.34. The molecule has 4 heteroatoms. The summed E-state index contributed by atoms with van der Waals surface area (Å²) in [4.78, 5) is 3.46. The van der Waals surface area contributed by atoms with Gasteiger partial charge < -0.3 is 9.47 Å². The molecule has 18 heavy (non-hydrogen) atoms. The van der Waals surface area contributed by atoms with Crippen molar-refractivity contribution in [3.8, 4) is 17.2 Å². The summed E-state index contributed by atoms with van der Waals surface area (Å²) in [6.45, 7) is 2.74. The van der Waals surface area contributed by atoms with E-state index in [1.807, 2.05) is 12.1 Å². The van der Waals surface area contributed by atoms with Gasteiger partial charge in [0.15, 0.2) is 0 Å². The third-order valence-electron chi connectivity index (χ3n) is 2.23. The number of benzene rings is 1. The number of pyridine rings is 1. The number of nitrogens with zero attached hydrogens (tertiary/aromatic N) is 1. The second-order valence-electron chi connectivity index (χ2n) is 3.74. The highest BCUT2D eigenvalue weighted by Gasteiger charge is 2.00. The summed E-state index contributed by atoms with van der Waals surface area (Å²) in [6, 6.07) is 10.0. The van der Waals surface area contributed by atoms with Crippen LogP contribution in [0.1, 0.15) is 13.3 Å². The topological polar surface area (TPSA) is 31.4 Å².